The van der Waals surface area contributed by atoms with Crippen LogP contribution in [0, 0.1) is 0 Å². The average molecular weight is 286 g/mol. The van der Waals surface area contributed by atoms with Gasteiger partial charge in [-0.3, -0.25) is 9.98 Å². The third kappa shape index (κ3) is 4.43. The van der Waals surface area contributed by atoms with Crippen molar-refractivity contribution < 1.29 is 4.74 Å². The summed E-state index contributed by atoms with van der Waals surface area (Å²) in [5.74, 6) is 0.779. The molecule has 2 rings (SSSR count). The molecule has 0 fully saturated rings. The number of guanidine groups is 1. The number of rotatable bonds is 6. The third-order valence-corrected chi connectivity index (χ3v) is 3.22. The van der Waals surface area contributed by atoms with Gasteiger partial charge in [0.25, 0.3) is 0 Å². The van der Waals surface area contributed by atoms with Crippen molar-refractivity contribution in [2.24, 2.45) is 4.99 Å². The second-order valence-corrected chi connectivity index (χ2v) is 4.68. The summed E-state index contributed by atoms with van der Waals surface area (Å²) in [5, 5.41) is 8.91. The van der Waals surface area contributed by atoms with Gasteiger partial charge in [0.05, 0.1) is 12.2 Å². The number of methoxy groups -OCH3 is 1. The van der Waals surface area contributed by atoms with Crippen molar-refractivity contribution in [3.63, 3.8) is 0 Å². The fourth-order valence-corrected chi connectivity index (χ4v) is 2.13. The predicted octanol–water partition coefficient (Wildman–Crippen LogP) is 1.94. The van der Waals surface area contributed by atoms with Crippen molar-refractivity contribution in [2.45, 2.75) is 13.0 Å². The average Bonchev–Trinajstić information content (AvgIpc) is 2.54. The molecule has 0 atom stereocenters. The van der Waals surface area contributed by atoms with E-state index in [4.69, 9.17) is 4.74 Å². The van der Waals surface area contributed by atoms with Crippen LogP contribution >= 0.6 is 0 Å². The minimum Gasteiger partial charge on any atom is -0.385 e. The van der Waals surface area contributed by atoms with E-state index in [0.29, 0.717) is 6.54 Å². The highest BCUT2D eigenvalue weighted by Gasteiger charge is 2.03. The van der Waals surface area contributed by atoms with Gasteiger partial charge in [-0.1, -0.05) is 24.3 Å². The smallest absolute Gasteiger partial charge is 0.191 e. The lowest BCUT2D eigenvalue weighted by molar-refractivity contribution is 0.195. The fourth-order valence-electron chi connectivity index (χ4n) is 2.13. The van der Waals surface area contributed by atoms with E-state index in [-0.39, 0.29) is 0 Å². The minimum absolute atomic E-state index is 0.644. The lowest BCUT2D eigenvalue weighted by atomic mass is 10.1. The topological polar surface area (TPSA) is 58.5 Å². The zero-order chi connectivity index (χ0) is 14.9. The van der Waals surface area contributed by atoms with Crippen molar-refractivity contribution in [2.75, 3.05) is 27.3 Å². The van der Waals surface area contributed by atoms with E-state index in [1.807, 2.05) is 24.4 Å². The molecule has 0 aliphatic carbocycles. The highest BCUT2D eigenvalue weighted by molar-refractivity contribution is 5.85. The summed E-state index contributed by atoms with van der Waals surface area (Å²) >= 11 is 0. The van der Waals surface area contributed by atoms with Gasteiger partial charge in [0.15, 0.2) is 5.96 Å². The highest BCUT2D eigenvalue weighted by Crippen LogP contribution is 2.15. The minimum atomic E-state index is 0.644. The summed E-state index contributed by atoms with van der Waals surface area (Å²) in [4.78, 5) is 8.66. The van der Waals surface area contributed by atoms with Gasteiger partial charge in [-0.15, -0.1) is 0 Å². The fraction of sp³-hybridized carbons (Fsp3) is 0.375. The molecule has 2 aromatic rings. The summed E-state index contributed by atoms with van der Waals surface area (Å²) < 4.78 is 5.02. The first kappa shape index (κ1) is 15.3. The van der Waals surface area contributed by atoms with Crippen LogP contribution in [0.15, 0.2) is 41.5 Å². The molecule has 0 radical (unpaired) electrons. The van der Waals surface area contributed by atoms with Gasteiger partial charge in [0.2, 0.25) is 0 Å². The molecular weight excluding hydrogens is 264 g/mol. The molecule has 0 amide bonds. The van der Waals surface area contributed by atoms with Crippen LogP contribution in [0.25, 0.3) is 10.8 Å². The Morgan fingerprint density at radius 3 is 2.90 bits per heavy atom. The number of aromatic nitrogens is 1. The molecule has 0 unspecified atom stereocenters. The van der Waals surface area contributed by atoms with E-state index in [2.05, 4.69) is 32.7 Å². The van der Waals surface area contributed by atoms with E-state index in [1.54, 1.807) is 14.2 Å². The molecule has 0 spiro atoms. The van der Waals surface area contributed by atoms with Crippen molar-refractivity contribution >= 4 is 16.7 Å². The van der Waals surface area contributed by atoms with E-state index in [0.717, 1.165) is 31.2 Å². The van der Waals surface area contributed by atoms with Gasteiger partial charge in [-0.25, -0.2) is 0 Å². The van der Waals surface area contributed by atoms with Crippen LogP contribution in [0.3, 0.4) is 0 Å². The molecule has 0 aliphatic rings. The first-order chi connectivity index (χ1) is 10.3. The van der Waals surface area contributed by atoms with Gasteiger partial charge in [0.1, 0.15) is 0 Å². The first-order valence-corrected chi connectivity index (χ1v) is 7.11. The number of aliphatic imine (C=N–C) groups is 1. The van der Waals surface area contributed by atoms with E-state index in [1.165, 1.54) is 10.8 Å². The number of hydrogen-bond donors (Lipinski definition) is 2. The zero-order valence-electron chi connectivity index (χ0n) is 12.6. The summed E-state index contributed by atoms with van der Waals surface area (Å²) in [6, 6.07) is 10.3. The monoisotopic (exact) mass is 286 g/mol. The van der Waals surface area contributed by atoms with Crippen LogP contribution in [-0.2, 0) is 11.3 Å². The molecule has 1 aromatic heterocycles. The van der Waals surface area contributed by atoms with Gasteiger partial charge in [-0.2, -0.15) is 0 Å². The Balaban J connectivity index is 1.94. The van der Waals surface area contributed by atoms with Crippen LogP contribution in [0.5, 0.6) is 0 Å². The molecule has 1 heterocycles. The number of hydrogen-bond acceptors (Lipinski definition) is 3. The Bertz CT molecular complexity index is 592. The Hall–Kier alpha value is -2.14. The lowest BCUT2D eigenvalue weighted by Crippen LogP contribution is -2.37. The van der Waals surface area contributed by atoms with Crippen LogP contribution in [0.1, 0.15) is 12.1 Å². The molecule has 5 nitrogen and oxygen atoms in total. The summed E-state index contributed by atoms with van der Waals surface area (Å²) in [6.07, 6.45) is 2.79. The normalized spacial score (nSPS) is 11.6. The lowest BCUT2D eigenvalue weighted by Gasteiger charge is -2.12. The molecular formula is C16H22N4O. The summed E-state index contributed by atoms with van der Waals surface area (Å²) in [5.41, 5.74) is 1.02. The van der Waals surface area contributed by atoms with E-state index in [9.17, 15) is 0 Å². The van der Waals surface area contributed by atoms with Crippen LogP contribution in [-0.4, -0.2) is 38.3 Å². The SMILES string of the molecule is CN=C(NCCCOC)NCc1nccc2ccccc12. The number of fused-ring (bicyclic) bond motifs is 1. The highest BCUT2D eigenvalue weighted by atomic mass is 16.5. The maximum atomic E-state index is 5.02. The third-order valence-electron chi connectivity index (χ3n) is 3.22. The summed E-state index contributed by atoms with van der Waals surface area (Å²) in [7, 11) is 3.47. The molecule has 0 saturated heterocycles. The quantitative estimate of drug-likeness (QED) is 0.484. The van der Waals surface area contributed by atoms with E-state index >= 15 is 0 Å². The first-order valence-electron chi connectivity index (χ1n) is 7.11. The van der Waals surface area contributed by atoms with Crippen molar-refractivity contribution in [3.05, 3.63) is 42.2 Å². The molecule has 1 aromatic carbocycles. The number of nitrogens with one attached hydrogen (secondary N) is 2. The maximum absolute atomic E-state index is 5.02. The molecule has 5 heteroatoms. The molecule has 0 bridgehead atoms. The Labute approximate surface area is 125 Å². The van der Waals surface area contributed by atoms with Crippen LogP contribution in [0.2, 0.25) is 0 Å². The van der Waals surface area contributed by atoms with Crippen molar-refractivity contribution in [3.8, 4) is 0 Å². The standard InChI is InChI=1S/C16H22N4O/c1-17-16(19-9-5-11-21-2)20-12-15-14-7-4-3-6-13(14)8-10-18-15/h3-4,6-8,10H,5,9,11-12H2,1-2H3,(H2,17,19,20). The van der Waals surface area contributed by atoms with Gasteiger partial charge in [0, 0.05) is 38.9 Å². The van der Waals surface area contributed by atoms with Gasteiger partial charge >= 0.3 is 0 Å². The van der Waals surface area contributed by atoms with Crippen LogP contribution in [0.4, 0.5) is 0 Å². The largest absolute Gasteiger partial charge is 0.385 e. The Morgan fingerprint density at radius 2 is 2.10 bits per heavy atom. The second-order valence-electron chi connectivity index (χ2n) is 4.68. The maximum Gasteiger partial charge on any atom is 0.191 e. The Morgan fingerprint density at radius 1 is 1.24 bits per heavy atom. The van der Waals surface area contributed by atoms with Gasteiger partial charge < -0.3 is 15.4 Å². The molecule has 0 saturated carbocycles. The van der Waals surface area contributed by atoms with Gasteiger partial charge in [-0.05, 0) is 17.9 Å². The molecule has 0 aliphatic heterocycles. The van der Waals surface area contributed by atoms with Crippen molar-refractivity contribution in [1.29, 1.82) is 0 Å². The second kappa shape index (κ2) is 8.21. The molecule has 2 N–H and O–H groups in total. The predicted molar refractivity (Wildman–Crippen MR) is 86.4 cm³/mol. The van der Waals surface area contributed by atoms with Crippen molar-refractivity contribution in [1.82, 2.24) is 15.6 Å². The Kier molecular flexibility index (Phi) is 5.97. The summed E-state index contributed by atoms with van der Waals surface area (Å²) in [6.45, 7) is 2.22. The molecule has 112 valence electrons. The number of nitrogens with zero attached hydrogens (tertiary/aromatic N) is 2. The number of ether oxygens (including phenoxy) is 1. The molecule has 21 heavy (non-hydrogen) atoms. The zero-order valence-corrected chi connectivity index (χ0v) is 12.6. The number of pyridine rings is 1. The van der Waals surface area contributed by atoms with Crippen LogP contribution < -0.4 is 10.6 Å². The van der Waals surface area contributed by atoms with E-state index < -0.39 is 0 Å². The number of benzene rings is 1.